The number of alkyl halides is 1. The number of hydrogen-bond acceptors (Lipinski definition) is 4. The van der Waals surface area contributed by atoms with Crippen molar-refractivity contribution in [3.8, 4) is 0 Å². The van der Waals surface area contributed by atoms with Crippen LogP contribution in [0.2, 0.25) is 0 Å². The number of carbonyl (C=O) groups excluding carboxylic acids is 2. The van der Waals surface area contributed by atoms with Gasteiger partial charge in [-0.1, -0.05) is 30.7 Å². The highest BCUT2D eigenvalue weighted by atomic mass is 35.5. The van der Waals surface area contributed by atoms with Gasteiger partial charge in [0, 0.05) is 0 Å². The lowest BCUT2D eigenvalue weighted by atomic mass is 9.82. The smallest absolute Gasteiger partial charge is 0.343 e. The van der Waals surface area contributed by atoms with E-state index >= 15 is 0 Å². The van der Waals surface area contributed by atoms with E-state index in [4.69, 9.17) is 21.1 Å². The van der Waals surface area contributed by atoms with Gasteiger partial charge in [-0.15, -0.1) is 11.6 Å². The lowest BCUT2D eigenvalue weighted by Crippen LogP contribution is -2.36. The van der Waals surface area contributed by atoms with Crippen molar-refractivity contribution in [2.75, 3.05) is 5.88 Å². The summed E-state index contributed by atoms with van der Waals surface area (Å²) >= 11 is 5.60. The van der Waals surface area contributed by atoms with Crippen LogP contribution in [-0.2, 0) is 19.1 Å². The zero-order valence-electron chi connectivity index (χ0n) is 13.1. The lowest BCUT2D eigenvalue weighted by Gasteiger charge is -2.33. The largest absolute Gasteiger partial charge is 0.447 e. The SMILES string of the molecule is Cc1ccccc1C1=C(OC(=O)CCl)C2(CCCCC2)OC1=O. The molecular weight excluding hydrogens is 316 g/mol. The van der Waals surface area contributed by atoms with Crippen LogP contribution in [0, 0.1) is 6.92 Å². The average Bonchev–Trinajstić information content (AvgIpc) is 2.80. The minimum absolute atomic E-state index is 0.255. The van der Waals surface area contributed by atoms with Crippen LogP contribution in [0.4, 0.5) is 0 Å². The van der Waals surface area contributed by atoms with Gasteiger partial charge >= 0.3 is 11.9 Å². The third-order valence-electron chi connectivity index (χ3n) is 4.53. The van der Waals surface area contributed by atoms with Gasteiger partial charge in [0.1, 0.15) is 11.5 Å². The van der Waals surface area contributed by atoms with E-state index in [9.17, 15) is 9.59 Å². The van der Waals surface area contributed by atoms with Crippen molar-refractivity contribution in [1.29, 1.82) is 0 Å². The second-order valence-corrected chi connectivity index (χ2v) is 6.34. The molecule has 2 aliphatic rings. The molecule has 4 nitrogen and oxygen atoms in total. The zero-order valence-corrected chi connectivity index (χ0v) is 13.8. The fourth-order valence-corrected chi connectivity index (χ4v) is 3.47. The van der Waals surface area contributed by atoms with E-state index < -0.39 is 17.5 Å². The second-order valence-electron chi connectivity index (χ2n) is 6.07. The quantitative estimate of drug-likeness (QED) is 0.624. The fraction of sp³-hybridized carbons (Fsp3) is 0.444. The molecule has 1 saturated carbocycles. The molecule has 1 aliphatic carbocycles. The van der Waals surface area contributed by atoms with E-state index in [-0.39, 0.29) is 5.88 Å². The third-order valence-corrected chi connectivity index (χ3v) is 4.75. The summed E-state index contributed by atoms with van der Waals surface area (Å²) in [4.78, 5) is 24.4. The number of carbonyl (C=O) groups is 2. The highest BCUT2D eigenvalue weighted by molar-refractivity contribution is 6.27. The fourth-order valence-electron chi connectivity index (χ4n) is 3.42. The number of aryl methyl sites for hydroxylation is 1. The molecule has 5 heteroatoms. The van der Waals surface area contributed by atoms with Gasteiger partial charge in [-0.25, -0.2) is 4.79 Å². The van der Waals surface area contributed by atoms with Crippen LogP contribution in [0.25, 0.3) is 5.57 Å². The monoisotopic (exact) mass is 334 g/mol. The molecule has 0 aromatic heterocycles. The second kappa shape index (κ2) is 6.36. The highest BCUT2D eigenvalue weighted by Crippen LogP contribution is 2.47. The van der Waals surface area contributed by atoms with Gasteiger partial charge in [-0.05, 0) is 43.7 Å². The molecule has 1 heterocycles. The predicted octanol–water partition coefficient (Wildman–Crippen LogP) is 3.75. The Labute approximate surface area is 140 Å². The number of ether oxygens (including phenoxy) is 2. The van der Waals surface area contributed by atoms with Gasteiger partial charge in [0.2, 0.25) is 0 Å². The Balaban J connectivity index is 2.14. The molecule has 23 heavy (non-hydrogen) atoms. The van der Waals surface area contributed by atoms with E-state index in [1.807, 2.05) is 31.2 Å². The maximum atomic E-state index is 12.6. The standard InChI is InChI=1S/C18H19ClO4/c1-12-7-3-4-8-13(12)15-16(22-14(20)11-19)18(23-17(15)21)9-5-2-6-10-18/h3-4,7-8H,2,5-6,9-11H2,1H3. The van der Waals surface area contributed by atoms with E-state index in [0.29, 0.717) is 24.2 Å². The Morgan fingerprint density at radius 1 is 1.26 bits per heavy atom. The molecule has 0 radical (unpaired) electrons. The summed E-state index contributed by atoms with van der Waals surface area (Å²) in [5, 5.41) is 0. The Morgan fingerprint density at radius 2 is 1.96 bits per heavy atom. The number of hydrogen-bond donors (Lipinski definition) is 0. The van der Waals surface area contributed by atoms with Crippen LogP contribution in [0.15, 0.2) is 30.0 Å². The van der Waals surface area contributed by atoms with Crippen LogP contribution in [-0.4, -0.2) is 23.4 Å². The maximum absolute atomic E-state index is 12.6. The normalized spacial score (nSPS) is 19.8. The van der Waals surface area contributed by atoms with E-state index in [1.165, 1.54) is 0 Å². The van der Waals surface area contributed by atoms with Crippen LogP contribution < -0.4 is 0 Å². The molecule has 0 saturated heterocycles. The van der Waals surface area contributed by atoms with Crippen molar-refractivity contribution in [3.63, 3.8) is 0 Å². The van der Waals surface area contributed by atoms with Crippen LogP contribution in [0.1, 0.15) is 43.2 Å². The van der Waals surface area contributed by atoms with Gasteiger partial charge in [0.25, 0.3) is 0 Å². The van der Waals surface area contributed by atoms with Gasteiger partial charge in [0.05, 0.1) is 0 Å². The Bertz CT molecular complexity index is 671. The number of benzene rings is 1. The van der Waals surface area contributed by atoms with Crippen LogP contribution >= 0.6 is 11.6 Å². The first kappa shape index (κ1) is 16.1. The van der Waals surface area contributed by atoms with Crippen LogP contribution in [0.5, 0.6) is 0 Å². The number of esters is 2. The molecule has 1 aromatic carbocycles. The first-order chi connectivity index (χ1) is 11.1. The molecule has 1 fully saturated rings. The van der Waals surface area contributed by atoms with E-state index in [0.717, 1.165) is 30.4 Å². The highest BCUT2D eigenvalue weighted by Gasteiger charge is 2.51. The zero-order chi connectivity index (χ0) is 16.4. The van der Waals surface area contributed by atoms with Crippen molar-refractivity contribution in [3.05, 3.63) is 41.2 Å². The van der Waals surface area contributed by atoms with Crippen molar-refractivity contribution in [2.24, 2.45) is 0 Å². The molecule has 1 spiro atoms. The molecule has 1 aromatic rings. The molecule has 0 bridgehead atoms. The Hall–Kier alpha value is -1.81. The van der Waals surface area contributed by atoms with Gasteiger partial charge < -0.3 is 9.47 Å². The summed E-state index contributed by atoms with van der Waals surface area (Å²) in [6.45, 7) is 1.92. The van der Waals surface area contributed by atoms with Crippen molar-refractivity contribution >= 4 is 29.1 Å². The van der Waals surface area contributed by atoms with Gasteiger partial charge in [-0.2, -0.15) is 0 Å². The van der Waals surface area contributed by atoms with Crippen molar-refractivity contribution in [1.82, 2.24) is 0 Å². The summed E-state index contributed by atoms with van der Waals surface area (Å²) in [5.41, 5.74) is 1.24. The molecule has 3 rings (SSSR count). The Morgan fingerprint density at radius 3 is 2.61 bits per heavy atom. The minimum Gasteiger partial charge on any atom is -0.447 e. The molecule has 122 valence electrons. The third kappa shape index (κ3) is 2.88. The Kier molecular flexibility index (Phi) is 4.44. The van der Waals surface area contributed by atoms with Crippen molar-refractivity contribution < 1.29 is 19.1 Å². The molecule has 0 unspecified atom stereocenters. The maximum Gasteiger partial charge on any atom is 0.343 e. The van der Waals surface area contributed by atoms with E-state index in [1.54, 1.807) is 0 Å². The number of rotatable bonds is 3. The summed E-state index contributed by atoms with van der Waals surface area (Å²) < 4.78 is 11.2. The summed E-state index contributed by atoms with van der Waals surface area (Å²) in [7, 11) is 0. The van der Waals surface area contributed by atoms with E-state index in [2.05, 4.69) is 0 Å². The lowest BCUT2D eigenvalue weighted by molar-refractivity contribution is -0.154. The predicted molar refractivity (Wildman–Crippen MR) is 86.8 cm³/mol. The number of halogens is 1. The summed E-state index contributed by atoms with van der Waals surface area (Å²) in [6, 6.07) is 7.53. The van der Waals surface area contributed by atoms with Crippen molar-refractivity contribution in [2.45, 2.75) is 44.6 Å². The first-order valence-electron chi connectivity index (χ1n) is 7.88. The minimum atomic E-state index is -0.811. The topological polar surface area (TPSA) is 52.6 Å². The molecule has 0 amide bonds. The molecule has 0 N–H and O–H groups in total. The summed E-state index contributed by atoms with van der Waals surface area (Å²) in [6.07, 6.45) is 4.33. The van der Waals surface area contributed by atoms with Gasteiger partial charge in [-0.3, -0.25) is 4.79 Å². The summed E-state index contributed by atoms with van der Waals surface area (Å²) in [5.74, 6) is -0.883. The first-order valence-corrected chi connectivity index (χ1v) is 8.41. The average molecular weight is 335 g/mol. The van der Waals surface area contributed by atoms with Gasteiger partial charge in [0.15, 0.2) is 11.4 Å². The molecule has 1 aliphatic heterocycles. The molecule has 0 atom stereocenters. The molecular formula is C18H19ClO4. The van der Waals surface area contributed by atoms with Crippen LogP contribution in [0.3, 0.4) is 0 Å².